The van der Waals surface area contributed by atoms with E-state index in [4.69, 9.17) is 20.9 Å². The molecule has 0 unspecified atom stereocenters. The molecular weight excluding hydrogens is 236 g/mol. The summed E-state index contributed by atoms with van der Waals surface area (Å²) >= 11 is 6.01. The second-order valence-electron chi connectivity index (χ2n) is 5.40. The van der Waals surface area contributed by atoms with E-state index >= 15 is 0 Å². The van der Waals surface area contributed by atoms with Crippen LogP contribution in [0, 0.1) is 6.92 Å². The monoisotopic (exact) mass is 253 g/mol. The van der Waals surface area contributed by atoms with Crippen LogP contribution < -0.4 is 5.46 Å². The lowest BCUT2D eigenvalue weighted by molar-refractivity contribution is 0.00578. The van der Waals surface area contributed by atoms with E-state index < -0.39 is 0 Å². The summed E-state index contributed by atoms with van der Waals surface area (Å²) in [7, 11) is -0.375. The van der Waals surface area contributed by atoms with Gasteiger partial charge in [0.15, 0.2) is 0 Å². The normalized spacial score (nSPS) is 21.9. The summed E-state index contributed by atoms with van der Waals surface area (Å²) in [6.45, 7) is 10.1. The Labute approximate surface area is 108 Å². The van der Waals surface area contributed by atoms with E-state index in [9.17, 15) is 0 Å². The highest BCUT2D eigenvalue weighted by atomic mass is 35.5. The van der Waals surface area contributed by atoms with Crippen LogP contribution >= 0.6 is 11.6 Å². The van der Waals surface area contributed by atoms with Crippen LogP contribution in [0.1, 0.15) is 33.3 Å². The van der Waals surface area contributed by atoms with Crippen LogP contribution in [-0.2, 0) is 9.31 Å². The van der Waals surface area contributed by atoms with Crippen LogP contribution in [0.2, 0.25) is 5.15 Å². The number of pyridine rings is 1. The lowest BCUT2D eigenvalue weighted by Crippen LogP contribution is -2.41. The number of rotatable bonds is 1. The zero-order valence-electron chi connectivity index (χ0n) is 10.9. The van der Waals surface area contributed by atoms with E-state index in [0.717, 1.165) is 11.0 Å². The molecule has 1 saturated heterocycles. The van der Waals surface area contributed by atoms with E-state index in [2.05, 4.69) is 4.98 Å². The van der Waals surface area contributed by atoms with Crippen molar-refractivity contribution in [1.29, 1.82) is 0 Å². The first-order valence-electron chi connectivity index (χ1n) is 5.71. The van der Waals surface area contributed by atoms with Crippen LogP contribution in [0.4, 0.5) is 0 Å². The summed E-state index contributed by atoms with van der Waals surface area (Å²) in [5.74, 6) is 0. The molecule has 1 fully saturated rings. The Hall–Kier alpha value is -0.575. The van der Waals surface area contributed by atoms with Gasteiger partial charge in [-0.2, -0.15) is 0 Å². The highest BCUT2D eigenvalue weighted by Crippen LogP contribution is 2.36. The first-order chi connectivity index (χ1) is 7.74. The Balaban J connectivity index is 2.36. The van der Waals surface area contributed by atoms with Gasteiger partial charge in [-0.1, -0.05) is 11.6 Å². The molecule has 1 aliphatic rings. The number of halogens is 1. The van der Waals surface area contributed by atoms with Crippen LogP contribution in [0.25, 0.3) is 0 Å². The van der Waals surface area contributed by atoms with Crippen LogP contribution in [0.15, 0.2) is 12.3 Å². The molecule has 0 aromatic carbocycles. The molecule has 5 heteroatoms. The second kappa shape index (κ2) is 3.97. The van der Waals surface area contributed by atoms with E-state index in [1.807, 2.05) is 40.7 Å². The summed E-state index contributed by atoms with van der Waals surface area (Å²) in [4.78, 5) is 4.04. The van der Waals surface area contributed by atoms with Gasteiger partial charge >= 0.3 is 7.12 Å². The highest BCUT2D eigenvalue weighted by Gasteiger charge is 2.52. The standard InChI is InChI=1S/C12H17BClNO2/c1-8-9(6-7-15-10(8)14)13-16-11(2,3)12(4,5)17-13/h6-7H,1-5H3. The summed E-state index contributed by atoms with van der Waals surface area (Å²) in [6, 6.07) is 1.89. The van der Waals surface area contributed by atoms with Crippen LogP contribution in [0.3, 0.4) is 0 Å². The largest absolute Gasteiger partial charge is 0.495 e. The minimum absolute atomic E-state index is 0.333. The number of nitrogens with zero attached hydrogens (tertiary/aromatic N) is 1. The molecule has 0 N–H and O–H groups in total. The van der Waals surface area contributed by atoms with Crippen molar-refractivity contribution in [1.82, 2.24) is 4.98 Å². The quantitative estimate of drug-likeness (QED) is 0.569. The Morgan fingerprint density at radius 2 is 1.71 bits per heavy atom. The second-order valence-corrected chi connectivity index (χ2v) is 5.76. The summed E-state index contributed by atoms with van der Waals surface area (Å²) in [5, 5.41) is 0.497. The van der Waals surface area contributed by atoms with Gasteiger partial charge < -0.3 is 9.31 Å². The minimum Gasteiger partial charge on any atom is -0.399 e. The maximum Gasteiger partial charge on any atom is 0.495 e. The van der Waals surface area contributed by atoms with E-state index in [1.165, 1.54) is 0 Å². The molecule has 1 aromatic rings. The van der Waals surface area contributed by atoms with Gasteiger partial charge in [0, 0.05) is 6.20 Å². The molecule has 0 saturated carbocycles. The molecule has 0 bridgehead atoms. The van der Waals surface area contributed by atoms with Gasteiger partial charge in [-0.25, -0.2) is 4.98 Å². The fraction of sp³-hybridized carbons (Fsp3) is 0.583. The fourth-order valence-electron chi connectivity index (χ4n) is 1.75. The molecule has 0 aliphatic carbocycles. The zero-order valence-corrected chi connectivity index (χ0v) is 11.6. The SMILES string of the molecule is Cc1c(B2OC(C)(C)C(C)(C)O2)ccnc1Cl. The Bertz CT molecular complexity index is 432. The van der Waals surface area contributed by atoms with Crippen molar-refractivity contribution in [3.8, 4) is 0 Å². The topological polar surface area (TPSA) is 31.4 Å². The Morgan fingerprint density at radius 3 is 2.24 bits per heavy atom. The Kier molecular flexibility index (Phi) is 3.01. The van der Waals surface area contributed by atoms with Crippen LogP contribution in [-0.4, -0.2) is 23.3 Å². The van der Waals surface area contributed by atoms with Crippen molar-refractivity contribution in [3.63, 3.8) is 0 Å². The predicted octanol–water partition coefficient (Wildman–Crippen LogP) is 2.34. The lowest BCUT2D eigenvalue weighted by atomic mass is 9.77. The maximum atomic E-state index is 6.01. The van der Waals surface area contributed by atoms with E-state index in [0.29, 0.717) is 5.15 Å². The summed E-state index contributed by atoms with van der Waals surface area (Å²) in [6.07, 6.45) is 1.68. The van der Waals surface area contributed by atoms with Crippen molar-refractivity contribution in [2.24, 2.45) is 0 Å². The van der Waals surface area contributed by atoms with E-state index in [-0.39, 0.29) is 18.3 Å². The van der Waals surface area contributed by atoms with Gasteiger partial charge in [0.25, 0.3) is 0 Å². The molecule has 0 spiro atoms. The molecule has 1 aliphatic heterocycles. The molecule has 3 nitrogen and oxygen atoms in total. The average molecular weight is 254 g/mol. The molecule has 2 heterocycles. The van der Waals surface area contributed by atoms with Gasteiger partial charge in [0.2, 0.25) is 0 Å². The third-order valence-electron chi connectivity index (χ3n) is 3.69. The van der Waals surface area contributed by atoms with Gasteiger partial charge in [0.1, 0.15) is 5.15 Å². The van der Waals surface area contributed by atoms with Crippen molar-refractivity contribution in [3.05, 3.63) is 23.0 Å². The molecule has 0 radical (unpaired) electrons. The third-order valence-corrected chi connectivity index (χ3v) is 4.07. The molecule has 2 rings (SSSR count). The maximum absolute atomic E-state index is 6.01. The number of hydrogen-bond donors (Lipinski definition) is 0. The lowest BCUT2D eigenvalue weighted by Gasteiger charge is -2.32. The Morgan fingerprint density at radius 1 is 1.18 bits per heavy atom. The number of aromatic nitrogens is 1. The fourth-order valence-corrected chi connectivity index (χ4v) is 1.91. The minimum atomic E-state index is -0.375. The number of hydrogen-bond acceptors (Lipinski definition) is 3. The van der Waals surface area contributed by atoms with Crippen molar-refractivity contribution >= 4 is 24.2 Å². The average Bonchev–Trinajstić information content (AvgIpc) is 2.40. The van der Waals surface area contributed by atoms with Crippen molar-refractivity contribution < 1.29 is 9.31 Å². The summed E-state index contributed by atoms with van der Waals surface area (Å²) in [5.41, 5.74) is 1.19. The van der Waals surface area contributed by atoms with Gasteiger partial charge in [-0.05, 0) is 51.7 Å². The molecule has 0 atom stereocenters. The smallest absolute Gasteiger partial charge is 0.399 e. The first kappa shape index (κ1) is 12.9. The first-order valence-corrected chi connectivity index (χ1v) is 6.09. The zero-order chi connectivity index (χ0) is 12.8. The van der Waals surface area contributed by atoms with Crippen LogP contribution in [0.5, 0.6) is 0 Å². The predicted molar refractivity (Wildman–Crippen MR) is 69.7 cm³/mol. The van der Waals surface area contributed by atoms with E-state index in [1.54, 1.807) is 6.20 Å². The highest BCUT2D eigenvalue weighted by molar-refractivity contribution is 6.63. The van der Waals surface area contributed by atoms with Gasteiger partial charge in [0.05, 0.1) is 11.2 Å². The molecule has 17 heavy (non-hydrogen) atoms. The molecule has 0 amide bonds. The van der Waals surface area contributed by atoms with Gasteiger partial charge in [-0.15, -0.1) is 0 Å². The molecule has 92 valence electrons. The van der Waals surface area contributed by atoms with Crippen molar-refractivity contribution in [2.45, 2.75) is 45.8 Å². The molecular formula is C12H17BClNO2. The van der Waals surface area contributed by atoms with Crippen molar-refractivity contribution in [2.75, 3.05) is 0 Å². The summed E-state index contributed by atoms with van der Waals surface area (Å²) < 4.78 is 12.0. The van der Waals surface area contributed by atoms with Gasteiger partial charge in [-0.3, -0.25) is 0 Å². The molecule has 1 aromatic heterocycles. The third kappa shape index (κ3) is 2.10.